The van der Waals surface area contributed by atoms with Gasteiger partial charge in [-0.25, -0.2) is 9.59 Å². The van der Waals surface area contributed by atoms with Crippen LogP contribution in [0.15, 0.2) is 18.2 Å². The van der Waals surface area contributed by atoms with E-state index in [1.165, 1.54) is 20.0 Å². The predicted molar refractivity (Wildman–Crippen MR) is 129 cm³/mol. The summed E-state index contributed by atoms with van der Waals surface area (Å²) in [6.45, 7) is 13.7. The van der Waals surface area contributed by atoms with Crippen LogP contribution in [0, 0.1) is 11.3 Å². The van der Waals surface area contributed by atoms with Crippen LogP contribution in [0.5, 0.6) is 5.75 Å². The second-order valence-electron chi connectivity index (χ2n) is 11.6. The molecule has 0 bridgehead atoms. The lowest BCUT2D eigenvalue weighted by molar-refractivity contribution is 0.0275. The van der Waals surface area contributed by atoms with Crippen molar-refractivity contribution >= 4 is 12.1 Å². The molecule has 0 radical (unpaired) electrons. The third-order valence-electron chi connectivity index (χ3n) is 6.91. The standard InChI is InChI=1S/C27H41NO5/c1-26(2,3)20-11-8-18(9-12-20)22-16-19(24(29)31-7)10-13-23(22)32-21-14-15-28(17-21)25(30)33-27(4,5)6/h10,13,16,18,20-21H,8-9,11-12,14-15,17H2,1-7H3/t18?,20?,21-/m0/s1. The molecule has 2 aliphatic rings. The summed E-state index contributed by atoms with van der Waals surface area (Å²) >= 11 is 0. The SMILES string of the molecule is COC(=O)c1ccc(O[C@H]2CCN(C(=O)OC(C)(C)C)C2)c(C2CCC(C(C)(C)C)CC2)c1. The average Bonchev–Trinajstić information content (AvgIpc) is 3.20. The number of nitrogens with zero attached hydrogens (tertiary/aromatic N) is 1. The monoisotopic (exact) mass is 459 g/mol. The highest BCUT2D eigenvalue weighted by molar-refractivity contribution is 5.89. The van der Waals surface area contributed by atoms with Gasteiger partial charge in [0.25, 0.3) is 0 Å². The first-order valence-corrected chi connectivity index (χ1v) is 12.2. The fourth-order valence-corrected chi connectivity index (χ4v) is 4.99. The van der Waals surface area contributed by atoms with Crippen LogP contribution in [-0.2, 0) is 9.47 Å². The van der Waals surface area contributed by atoms with Crippen molar-refractivity contribution in [2.24, 2.45) is 11.3 Å². The van der Waals surface area contributed by atoms with E-state index in [1.807, 2.05) is 32.9 Å². The van der Waals surface area contributed by atoms with E-state index in [-0.39, 0.29) is 18.2 Å². The Balaban J connectivity index is 1.74. The molecule has 0 unspecified atom stereocenters. The molecule has 1 aliphatic carbocycles. The molecular weight excluding hydrogens is 418 g/mol. The third-order valence-corrected chi connectivity index (χ3v) is 6.91. The van der Waals surface area contributed by atoms with Crippen molar-refractivity contribution in [3.8, 4) is 5.75 Å². The van der Waals surface area contributed by atoms with Crippen molar-refractivity contribution in [1.29, 1.82) is 0 Å². The van der Waals surface area contributed by atoms with E-state index < -0.39 is 5.60 Å². The molecule has 1 saturated carbocycles. The number of hydrogen-bond donors (Lipinski definition) is 0. The molecule has 184 valence electrons. The average molecular weight is 460 g/mol. The number of rotatable bonds is 4. The molecular formula is C27H41NO5. The normalized spacial score (nSPS) is 23.8. The van der Waals surface area contributed by atoms with Crippen LogP contribution in [0.4, 0.5) is 4.79 Å². The first kappa shape index (κ1) is 25.4. The molecule has 2 fully saturated rings. The Labute approximate surface area is 199 Å². The molecule has 1 amide bonds. The maximum absolute atomic E-state index is 12.4. The highest BCUT2D eigenvalue weighted by Crippen LogP contribution is 2.45. The summed E-state index contributed by atoms with van der Waals surface area (Å²) in [7, 11) is 1.41. The van der Waals surface area contributed by atoms with Crippen LogP contribution < -0.4 is 4.74 Å². The Bertz CT molecular complexity index is 843. The number of ether oxygens (including phenoxy) is 3. The Morgan fingerprint density at radius 3 is 2.21 bits per heavy atom. The van der Waals surface area contributed by atoms with Crippen molar-refractivity contribution in [2.45, 2.75) is 91.3 Å². The number of carbonyl (C=O) groups excluding carboxylic acids is 2. The van der Waals surface area contributed by atoms with Crippen LogP contribution in [-0.4, -0.2) is 48.9 Å². The molecule has 1 aromatic carbocycles. The summed E-state index contributed by atoms with van der Waals surface area (Å²) in [5.41, 5.74) is 1.44. The first-order chi connectivity index (χ1) is 15.4. The van der Waals surface area contributed by atoms with Gasteiger partial charge >= 0.3 is 12.1 Å². The van der Waals surface area contributed by atoms with Gasteiger partial charge in [-0.3, -0.25) is 0 Å². The smallest absolute Gasteiger partial charge is 0.410 e. The predicted octanol–water partition coefficient (Wildman–Crippen LogP) is 6.18. The van der Waals surface area contributed by atoms with Gasteiger partial charge in [-0.05, 0) is 87.5 Å². The maximum atomic E-state index is 12.4. The van der Waals surface area contributed by atoms with Crippen LogP contribution in [0.2, 0.25) is 0 Å². The van der Waals surface area contributed by atoms with Crippen LogP contribution in [0.1, 0.15) is 95.5 Å². The topological polar surface area (TPSA) is 65.1 Å². The quantitative estimate of drug-likeness (QED) is 0.503. The summed E-state index contributed by atoms with van der Waals surface area (Å²) < 4.78 is 16.9. The molecule has 1 aromatic rings. The summed E-state index contributed by atoms with van der Waals surface area (Å²) in [5.74, 6) is 1.55. The van der Waals surface area contributed by atoms with Crippen molar-refractivity contribution in [3.63, 3.8) is 0 Å². The molecule has 0 aromatic heterocycles. The van der Waals surface area contributed by atoms with Crippen LogP contribution >= 0.6 is 0 Å². The number of hydrogen-bond acceptors (Lipinski definition) is 5. The van der Waals surface area contributed by atoms with Crippen molar-refractivity contribution < 1.29 is 23.8 Å². The second kappa shape index (κ2) is 9.94. The van der Waals surface area contributed by atoms with E-state index in [4.69, 9.17) is 14.2 Å². The molecule has 1 saturated heterocycles. The Hall–Kier alpha value is -2.24. The zero-order valence-electron chi connectivity index (χ0n) is 21.4. The lowest BCUT2D eigenvalue weighted by Crippen LogP contribution is -2.36. The zero-order chi connectivity index (χ0) is 24.4. The van der Waals surface area contributed by atoms with Gasteiger partial charge in [0.2, 0.25) is 0 Å². The van der Waals surface area contributed by atoms with Crippen molar-refractivity contribution in [2.75, 3.05) is 20.2 Å². The fourth-order valence-electron chi connectivity index (χ4n) is 4.99. The minimum Gasteiger partial charge on any atom is -0.488 e. The number of benzene rings is 1. The van der Waals surface area contributed by atoms with E-state index in [0.29, 0.717) is 35.9 Å². The highest BCUT2D eigenvalue weighted by atomic mass is 16.6. The number of carbonyl (C=O) groups is 2. The third kappa shape index (κ3) is 6.64. The van der Waals surface area contributed by atoms with Gasteiger partial charge in [0.05, 0.1) is 19.2 Å². The van der Waals surface area contributed by atoms with Crippen molar-refractivity contribution in [1.82, 2.24) is 4.90 Å². The first-order valence-electron chi connectivity index (χ1n) is 12.2. The zero-order valence-corrected chi connectivity index (χ0v) is 21.4. The van der Waals surface area contributed by atoms with Gasteiger partial charge < -0.3 is 19.1 Å². The largest absolute Gasteiger partial charge is 0.488 e. The van der Waals surface area contributed by atoms with Gasteiger partial charge in [-0.2, -0.15) is 0 Å². The van der Waals surface area contributed by atoms with Gasteiger partial charge in [-0.15, -0.1) is 0 Å². The molecule has 3 rings (SSSR count). The number of methoxy groups -OCH3 is 1. The van der Waals surface area contributed by atoms with Crippen molar-refractivity contribution in [3.05, 3.63) is 29.3 Å². The minimum atomic E-state index is -0.515. The Morgan fingerprint density at radius 1 is 0.970 bits per heavy atom. The van der Waals surface area contributed by atoms with Gasteiger partial charge in [0, 0.05) is 13.0 Å². The van der Waals surface area contributed by atoms with E-state index in [0.717, 1.165) is 30.6 Å². The number of likely N-dealkylation sites (tertiary alicyclic amines) is 1. The molecule has 0 N–H and O–H groups in total. The molecule has 1 aliphatic heterocycles. The molecule has 33 heavy (non-hydrogen) atoms. The van der Waals surface area contributed by atoms with Crippen LogP contribution in [0.3, 0.4) is 0 Å². The Kier molecular flexibility index (Phi) is 7.65. The van der Waals surface area contributed by atoms with Gasteiger partial charge in [0.1, 0.15) is 17.5 Å². The number of esters is 1. The number of amides is 1. The second-order valence-corrected chi connectivity index (χ2v) is 11.6. The van der Waals surface area contributed by atoms with Gasteiger partial charge in [0.15, 0.2) is 0 Å². The lowest BCUT2D eigenvalue weighted by atomic mass is 9.68. The fraction of sp³-hybridized carbons (Fsp3) is 0.704. The molecule has 1 heterocycles. The van der Waals surface area contributed by atoms with Crippen LogP contribution in [0.25, 0.3) is 0 Å². The summed E-state index contributed by atoms with van der Waals surface area (Å²) in [4.78, 5) is 26.3. The van der Waals surface area contributed by atoms with E-state index in [2.05, 4.69) is 20.8 Å². The van der Waals surface area contributed by atoms with E-state index in [1.54, 1.807) is 11.0 Å². The highest BCUT2D eigenvalue weighted by Gasteiger charge is 2.34. The van der Waals surface area contributed by atoms with E-state index in [9.17, 15) is 9.59 Å². The van der Waals surface area contributed by atoms with E-state index >= 15 is 0 Å². The molecule has 0 spiro atoms. The summed E-state index contributed by atoms with van der Waals surface area (Å²) in [6.07, 6.45) is 4.88. The Morgan fingerprint density at radius 2 is 1.64 bits per heavy atom. The summed E-state index contributed by atoms with van der Waals surface area (Å²) in [6, 6.07) is 5.61. The summed E-state index contributed by atoms with van der Waals surface area (Å²) in [5, 5.41) is 0. The maximum Gasteiger partial charge on any atom is 0.410 e. The molecule has 1 atom stereocenters. The lowest BCUT2D eigenvalue weighted by Gasteiger charge is -2.37. The minimum absolute atomic E-state index is 0.0915. The molecule has 6 heteroatoms. The molecule has 6 nitrogen and oxygen atoms in total. The van der Waals surface area contributed by atoms with Gasteiger partial charge in [-0.1, -0.05) is 20.8 Å².